The summed E-state index contributed by atoms with van der Waals surface area (Å²) in [6.45, 7) is 6.21. The molecule has 0 saturated carbocycles. The first kappa shape index (κ1) is 17.9. The van der Waals surface area contributed by atoms with E-state index in [2.05, 4.69) is 20.2 Å². The molecular weight excluding hydrogens is 344 g/mol. The van der Waals surface area contributed by atoms with Gasteiger partial charge in [0.05, 0.1) is 12.2 Å². The fourth-order valence-corrected chi connectivity index (χ4v) is 3.86. The number of aromatic nitrogens is 4. The normalized spacial score (nSPS) is 17.7. The average molecular weight is 370 g/mol. The molecule has 1 saturated heterocycles. The summed E-state index contributed by atoms with van der Waals surface area (Å²) >= 11 is 0. The fourth-order valence-electron chi connectivity index (χ4n) is 3.86. The van der Waals surface area contributed by atoms with Gasteiger partial charge in [-0.05, 0) is 44.2 Å². The van der Waals surface area contributed by atoms with E-state index in [1.54, 1.807) is 16.8 Å². The molecule has 2 aromatic rings. The number of hydrogen-bond donors (Lipinski definition) is 1. The maximum atomic E-state index is 12.4. The first-order valence-corrected chi connectivity index (χ1v) is 9.74. The highest BCUT2D eigenvalue weighted by Gasteiger charge is 2.23. The number of amides is 1. The van der Waals surface area contributed by atoms with Crippen LogP contribution < -0.4 is 5.56 Å². The van der Waals surface area contributed by atoms with Gasteiger partial charge >= 0.3 is 0 Å². The van der Waals surface area contributed by atoms with Crippen LogP contribution in [0.1, 0.15) is 40.3 Å². The number of carbonyl (C=O) groups excluding carboxylic acids is 1. The molecule has 8 nitrogen and oxygen atoms in total. The van der Waals surface area contributed by atoms with Gasteiger partial charge in [-0.25, -0.2) is 4.68 Å². The van der Waals surface area contributed by atoms with Gasteiger partial charge < -0.3 is 4.90 Å². The Morgan fingerprint density at radius 3 is 2.63 bits per heavy atom. The Hall–Kier alpha value is -2.48. The van der Waals surface area contributed by atoms with Gasteiger partial charge in [0, 0.05) is 44.5 Å². The SMILES string of the molecule is Cc1cc(C(=O)N2CCN(CCn3nc4c(cc3=O)CCCC4)CC2)n[nH]1. The van der Waals surface area contributed by atoms with Crippen LogP contribution in [0.15, 0.2) is 16.9 Å². The Morgan fingerprint density at radius 2 is 1.89 bits per heavy atom. The molecule has 8 heteroatoms. The number of piperazine rings is 1. The predicted molar refractivity (Wildman–Crippen MR) is 101 cm³/mol. The third kappa shape index (κ3) is 3.95. The van der Waals surface area contributed by atoms with Crippen molar-refractivity contribution in [1.29, 1.82) is 0 Å². The maximum absolute atomic E-state index is 12.4. The predicted octanol–water partition coefficient (Wildman–Crippen LogP) is 0.612. The Labute approximate surface area is 158 Å². The third-order valence-corrected chi connectivity index (χ3v) is 5.49. The summed E-state index contributed by atoms with van der Waals surface area (Å²) in [7, 11) is 0. The molecule has 0 aromatic carbocycles. The summed E-state index contributed by atoms with van der Waals surface area (Å²) in [6.07, 6.45) is 4.26. The van der Waals surface area contributed by atoms with Crippen LogP contribution in [0.25, 0.3) is 0 Å². The third-order valence-electron chi connectivity index (χ3n) is 5.49. The van der Waals surface area contributed by atoms with Gasteiger partial charge in [0.25, 0.3) is 11.5 Å². The first-order valence-electron chi connectivity index (χ1n) is 9.74. The molecule has 27 heavy (non-hydrogen) atoms. The Balaban J connectivity index is 1.31. The van der Waals surface area contributed by atoms with E-state index in [1.807, 2.05) is 11.8 Å². The van der Waals surface area contributed by atoms with Gasteiger partial charge in [0.1, 0.15) is 5.69 Å². The monoisotopic (exact) mass is 370 g/mol. The molecule has 0 spiro atoms. The summed E-state index contributed by atoms with van der Waals surface area (Å²) in [4.78, 5) is 28.9. The van der Waals surface area contributed by atoms with Gasteiger partial charge in [-0.1, -0.05) is 0 Å². The number of carbonyl (C=O) groups is 1. The highest BCUT2D eigenvalue weighted by molar-refractivity contribution is 5.92. The average Bonchev–Trinajstić information content (AvgIpc) is 3.12. The van der Waals surface area contributed by atoms with Crippen molar-refractivity contribution in [1.82, 2.24) is 29.8 Å². The molecule has 0 atom stereocenters. The molecule has 0 radical (unpaired) electrons. The van der Waals surface area contributed by atoms with Crippen molar-refractivity contribution in [3.8, 4) is 0 Å². The second-order valence-electron chi connectivity index (χ2n) is 7.45. The molecule has 144 valence electrons. The van der Waals surface area contributed by atoms with Gasteiger partial charge in [-0.15, -0.1) is 0 Å². The number of H-pyrrole nitrogens is 1. The summed E-state index contributed by atoms with van der Waals surface area (Å²) < 4.78 is 1.61. The molecule has 3 heterocycles. The number of aromatic amines is 1. The summed E-state index contributed by atoms with van der Waals surface area (Å²) in [6, 6.07) is 3.55. The minimum atomic E-state index is -0.0217. The quantitative estimate of drug-likeness (QED) is 0.852. The number of hydrogen-bond acceptors (Lipinski definition) is 5. The standard InChI is InChI=1S/C19H26N6O2/c1-14-12-17(21-20-14)19(27)24-9-6-23(7-10-24)8-11-25-18(26)13-15-4-2-3-5-16(15)22-25/h12-13H,2-11H2,1H3,(H,20,21). The molecule has 4 rings (SSSR count). The summed E-state index contributed by atoms with van der Waals surface area (Å²) in [5.74, 6) is -0.0217. The van der Waals surface area contributed by atoms with Crippen molar-refractivity contribution >= 4 is 5.91 Å². The zero-order chi connectivity index (χ0) is 18.8. The lowest BCUT2D eigenvalue weighted by Crippen LogP contribution is -2.49. The van der Waals surface area contributed by atoms with Gasteiger partial charge in [-0.2, -0.15) is 10.2 Å². The molecule has 2 aromatic heterocycles. The Morgan fingerprint density at radius 1 is 1.11 bits per heavy atom. The van der Waals surface area contributed by atoms with E-state index in [1.165, 1.54) is 0 Å². The zero-order valence-corrected chi connectivity index (χ0v) is 15.8. The van der Waals surface area contributed by atoms with Gasteiger partial charge in [0.15, 0.2) is 0 Å². The van der Waals surface area contributed by atoms with Crippen molar-refractivity contribution in [2.24, 2.45) is 0 Å². The summed E-state index contributed by atoms with van der Waals surface area (Å²) in [5.41, 5.74) is 3.58. The van der Waals surface area contributed by atoms with E-state index < -0.39 is 0 Å². The highest BCUT2D eigenvalue weighted by Crippen LogP contribution is 2.17. The number of fused-ring (bicyclic) bond motifs is 1. The van der Waals surface area contributed by atoms with E-state index in [0.29, 0.717) is 25.3 Å². The number of aryl methyl sites for hydroxylation is 3. The van der Waals surface area contributed by atoms with Gasteiger partial charge in [-0.3, -0.25) is 19.6 Å². The molecule has 1 aliphatic heterocycles. The minimum absolute atomic E-state index is 0.00151. The first-order chi connectivity index (χ1) is 13.1. The fraction of sp³-hybridized carbons (Fsp3) is 0.579. The number of rotatable bonds is 4. The maximum Gasteiger partial charge on any atom is 0.274 e. The zero-order valence-electron chi connectivity index (χ0n) is 15.8. The van der Waals surface area contributed by atoms with Crippen molar-refractivity contribution < 1.29 is 4.79 Å². The number of nitrogens with one attached hydrogen (secondary N) is 1. The smallest absolute Gasteiger partial charge is 0.274 e. The lowest BCUT2D eigenvalue weighted by molar-refractivity contribution is 0.0625. The Bertz CT molecular complexity index is 879. The van der Waals surface area contributed by atoms with E-state index in [-0.39, 0.29) is 11.5 Å². The van der Waals surface area contributed by atoms with E-state index >= 15 is 0 Å². The van der Waals surface area contributed by atoms with E-state index in [4.69, 9.17) is 0 Å². The molecule has 0 unspecified atom stereocenters. The van der Waals surface area contributed by atoms with Crippen molar-refractivity contribution in [3.05, 3.63) is 45.1 Å². The second-order valence-corrected chi connectivity index (χ2v) is 7.45. The highest BCUT2D eigenvalue weighted by atomic mass is 16.2. The van der Waals surface area contributed by atoms with Crippen LogP contribution >= 0.6 is 0 Å². The summed E-state index contributed by atoms with van der Waals surface area (Å²) in [5, 5.41) is 11.5. The topological polar surface area (TPSA) is 87.1 Å². The lowest BCUT2D eigenvalue weighted by atomic mass is 9.97. The molecule has 1 amide bonds. The van der Waals surface area contributed by atoms with Gasteiger partial charge in [0.2, 0.25) is 0 Å². The van der Waals surface area contributed by atoms with Crippen LogP contribution in [0.2, 0.25) is 0 Å². The largest absolute Gasteiger partial charge is 0.335 e. The van der Waals surface area contributed by atoms with Crippen LogP contribution in [0.5, 0.6) is 0 Å². The van der Waals surface area contributed by atoms with Crippen LogP contribution in [0.3, 0.4) is 0 Å². The lowest BCUT2D eigenvalue weighted by Gasteiger charge is -2.34. The van der Waals surface area contributed by atoms with Crippen molar-refractivity contribution in [2.75, 3.05) is 32.7 Å². The van der Waals surface area contributed by atoms with Crippen LogP contribution in [0, 0.1) is 6.92 Å². The molecule has 2 aliphatic rings. The van der Waals surface area contributed by atoms with Crippen LogP contribution in [-0.4, -0.2) is 68.4 Å². The van der Waals surface area contributed by atoms with Crippen molar-refractivity contribution in [3.63, 3.8) is 0 Å². The van der Waals surface area contributed by atoms with E-state index in [9.17, 15) is 9.59 Å². The Kier molecular flexibility index (Phi) is 5.07. The minimum Gasteiger partial charge on any atom is -0.335 e. The van der Waals surface area contributed by atoms with Crippen LogP contribution in [-0.2, 0) is 19.4 Å². The second kappa shape index (κ2) is 7.64. The molecular formula is C19H26N6O2. The molecule has 0 bridgehead atoms. The molecule has 1 aliphatic carbocycles. The van der Waals surface area contributed by atoms with Crippen molar-refractivity contribution in [2.45, 2.75) is 39.2 Å². The van der Waals surface area contributed by atoms with E-state index in [0.717, 1.165) is 62.3 Å². The molecule has 1 fully saturated rings. The number of nitrogens with zero attached hydrogens (tertiary/aromatic N) is 5. The molecule has 1 N–H and O–H groups in total. The van der Waals surface area contributed by atoms with Crippen LogP contribution in [0.4, 0.5) is 0 Å².